The van der Waals surface area contributed by atoms with Gasteiger partial charge in [0.1, 0.15) is 0 Å². The minimum Gasteiger partial charge on any atom is -0.493 e. The molecule has 0 heterocycles. The van der Waals surface area contributed by atoms with E-state index in [2.05, 4.69) is 0 Å². The van der Waals surface area contributed by atoms with E-state index >= 15 is 0 Å². The fourth-order valence-corrected chi connectivity index (χ4v) is 1.39. The van der Waals surface area contributed by atoms with Gasteiger partial charge in [-0.2, -0.15) is 0 Å². The van der Waals surface area contributed by atoms with Crippen LogP contribution in [0.1, 0.15) is 25.0 Å². The van der Waals surface area contributed by atoms with E-state index in [0.717, 1.165) is 5.56 Å². The van der Waals surface area contributed by atoms with Gasteiger partial charge in [-0.3, -0.25) is 0 Å². The van der Waals surface area contributed by atoms with Crippen LogP contribution in [0, 0.1) is 0 Å². The molecule has 0 aliphatic heterocycles. The summed E-state index contributed by atoms with van der Waals surface area (Å²) in [6.07, 6.45) is 0.156. The second-order valence-corrected chi connectivity index (χ2v) is 3.01. The monoisotopic (exact) mass is 196 g/mol. The Hall–Kier alpha value is -1.22. The molecule has 1 unspecified atom stereocenters. The molecule has 0 aliphatic carbocycles. The molecule has 3 heteroatoms. The highest BCUT2D eigenvalue weighted by Gasteiger charge is 2.14. The number of para-hydroxylation sites is 1. The predicted molar refractivity (Wildman–Crippen MR) is 54.8 cm³/mol. The van der Waals surface area contributed by atoms with E-state index in [4.69, 9.17) is 9.47 Å². The summed E-state index contributed by atoms with van der Waals surface area (Å²) < 4.78 is 10.3. The van der Waals surface area contributed by atoms with Crippen LogP contribution in [0.5, 0.6) is 11.5 Å². The quantitative estimate of drug-likeness (QED) is 0.801. The number of methoxy groups -OCH3 is 2. The first-order chi connectivity index (χ1) is 6.74. The number of aliphatic hydroxyl groups is 1. The van der Waals surface area contributed by atoms with Crippen molar-refractivity contribution in [2.24, 2.45) is 0 Å². The minimum absolute atomic E-state index is 0.500. The number of rotatable bonds is 4. The lowest BCUT2D eigenvalue weighted by atomic mass is 10.1. The Labute approximate surface area is 84.3 Å². The molecule has 0 spiro atoms. The van der Waals surface area contributed by atoms with Crippen molar-refractivity contribution in [1.82, 2.24) is 0 Å². The summed E-state index contributed by atoms with van der Waals surface area (Å²) in [5, 5.41) is 9.73. The Morgan fingerprint density at radius 3 is 2.50 bits per heavy atom. The summed E-state index contributed by atoms with van der Waals surface area (Å²) >= 11 is 0. The average Bonchev–Trinajstić information content (AvgIpc) is 2.26. The average molecular weight is 196 g/mol. The second-order valence-electron chi connectivity index (χ2n) is 3.01. The fourth-order valence-electron chi connectivity index (χ4n) is 1.39. The van der Waals surface area contributed by atoms with Gasteiger partial charge in [0.15, 0.2) is 11.5 Å². The van der Waals surface area contributed by atoms with Gasteiger partial charge >= 0.3 is 0 Å². The van der Waals surface area contributed by atoms with Crippen LogP contribution in [-0.2, 0) is 0 Å². The van der Waals surface area contributed by atoms with E-state index in [9.17, 15) is 5.11 Å². The SMILES string of the molecule is CCC(O)c1cccc(OC)c1OC. The van der Waals surface area contributed by atoms with Gasteiger partial charge in [0.05, 0.1) is 20.3 Å². The normalized spacial score (nSPS) is 12.3. The van der Waals surface area contributed by atoms with Crippen molar-refractivity contribution in [2.75, 3.05) is 14.2 Å². The van der Waals surface area contributed by atoms with Crippen molar-refractivity contribution < 1.29 is 14.6 Å². The Bertz CT molecular complexity index is 297. The molecule has 1 rings (SSSR count). The molecule has 0 amide bonds. The van der Waals surface area contributed by atoms with Crippen LogP contribution in [0.2, 0.25) is 0 Å². The molecular weight excluding hydrogens is 180 g/mol. The van der Waals surface area contributed by atoms with Crippen LogP contribution in [0.4, 0.5) is 0 Å². The highest BCUT2D eigenvalue weighted by atomic mass is 16.5. The van der Waals surface area contributed by atoms with Crippen LogP contribution in [0.3, 0.4) is 0 Å². The summed E-state index contributed by atoms with van der Waals surface area (Å²) in [5.41, 5.74) is 0.773. The first-order valence-corrected chi connectivity index (χ1v) is 4.63. The number of ether oxygens (including phenoxy) is 2. The molecule has 1 N–H and O–H groups in total. The molecular formula is C11H16O3. The molecule has 0 bridgehead atoms. The smallest absolute Gasteiger partial charge is 0.166 e. The molecule has 0 saturated heterocycles. The molecule has 0 radical (unpaired) electrons. The summed E-state index contributed by atoms with van der Waals surface area (Å²) in [6, 6.07) is 5.50. The standard InChI is InChI=1S/C11H16O3/c1-4-9(12)8-6-5-7-10(13-2)11(8)14-3/h5-7,9,12H,4H2,1-3H3. The topological polar surface area (TPSA) is 38.7 Å². The predicted octanol–water partition coefficient (Wildman–Crippen LogP) is 2.15. The van der Waals surface area contributed by atoms with Gasteiger partial charge in [-0.05, 0) is 12.5 Å². The summed E-state index contributed by atoms with van der Waals surface area (Å²) in [7, 11) is 3.16. The van der Waals surface area contributed by atoms with Gasteiger partial charge in [-0.1, -0.05) is 19.1 Å². The third-order valence-corrected chi connectivity index (χ3v) is 2.18. The van der Waals surface area contributed by atoms with Crippen LogP contribution < -0.4 is 9.47 Å². The maximum atomic E-state index is 9.73. The summed E-state index contributed by atoms with van der Waals surface area (Å²) in [5.74, 6) is 1.27. The summed E-state index contributed by atoms with van der Waals surface area (Å²) in [4.78, 5) is 0. The number of hydrogen-bond donors (Lipinski definition) is 1. The van der Waals surface area contributed by atoms with E-state index in [1.807, 2.05) is 25.1 Å². The third-order valence-electron chi connectivity index (χ3n) is 2.18. The van der Waals surface area contributed by atoms with E-state index in [0.29, 0.717) is 17.9 Å². The van der Waals surface area contributed by atoms with Crippen LogP contribution in [0.25, 0.3) is 0 Å². The lowest BCUT2D eigenvalue weighted by molar-refractivity contribution is 0.168. The molecule has 78 valence electrons. The number of benzene rings is 1. The van der Waals surface area contributed by atoms with E-state index < -0.39 is 6.10 Å². The highest BCUT2D eigenvalue weighted by molar-refractivity contribution is 5.47. The number of hydrogen-bond acceptors (Lipinski definition) is 3. The van der Waals surface area contributed by atoms with Gasteiger partial charge in [0.2, 0.25) is 0 Å². The first kappa shape index (κ1) is 10.9. The van der Waals surface area contributed by atoms with Crippen molar-refractivity contribution in [3.05, 3.63) is 23.8 Å². The fraction of sp³-hybridized carbons (Fsp3) is 0.455. The Morgan fingerprint density at radius 2 is 2.00 bits per heavy atom. The Morgan fingerprint density at radius 1 is 1.29 bits per heavy atom. The summed E-state index contributed by atoms with van der Waals surface area (Å²) in [6.45, 7) is 1.92. The van der Waals surface area contributed by atoms with Crippen LogP contribution >= 0.6 is 0 Å². The van der Waals surface area contributed by atoms with E-state index in [1.165, 1.54) is 0 Å². The number of aliphatic hydroxyl groups excluding tert-OH is 1. The first-order valence-electron chi connectivity index (χ1n) is 4.63. The maximum absolute atomic E-state index is 9.73. The van der Waals surface area contributed by atoms with Gasteiger partial charge in [-0.25, -0.2) is 0 Å². The van der Waals surface area contributed by atoms with Crippen molar-refractivity contribution in [3.8, 4) is 11.5 Å². The largest absolute Gasteiger partial charge is 0.493 e. The third kappa shape index (κ3) is 1.99. The van der Waals surface area contributed by atoms with Gasteiger partial charge in [-0.15, -0.1) is 0 Å². The molecule has 3 nitrogen and oxygen atoms in total. The van der Waals surface area contributed by atoms with Crippen molar-refractivity contribution in [3.63, 3.8) is 0 Å². The zero-order chi connectivity index (χ0) is 10.6. The molecule has 1 aromatic carbocycles. The molecule has 0 aliphatic rings. The second kappa shape index (κ2) is 4.86. The molecule has 1 aromatic rings. The van der Waals surface area contributed by atoms with Crippen molar-refractivity contribution in [1.29, 1.82) is 0 Å². The zero-order valence-electron chi connectivity index (χ0n) is 8.78. The van der Waals surface area contributed by atoms with E-state index in [1.54, 1.807) is 14.2 Å². The highest BCUT2D eigenvalue weighted by Crippen LogP contribution is 2.35. The zero-order valence-corrected chi connectivity index (χ0v) is 8.78. The lowest BCUT2D eigenvalue weighted by Crippen LogP contribution is -2.00. The maximum Gasteiger partial charge on any atom is 0.166 e. The van der Waals surface area contributed by atoms with Gasteiger partial charge in [0.25, 0.3) is 0 Å². The van der Waals surface area contributed by atoms with Gasteiger partial charge in [0, 0.05) is 5.56 Å². The Kier molecular flexibility index (Phi) is 3.77. The van der Waals surface area contributed by atoms with Crippen molar-refractivity contribution in [2.45, 2.75) is 19.4 Å². The molecule has 14 heavy (non-hydrogen) atoms. The van der Waals surface area contributed by atoms with Crippen LogP contribution in [0.15, 0.2) is 18.2 Å². The lowest BCUT2D eigenvalue weighted by Gasteiger charge is -2.15. The molecule has 0 fully saturated rings. The Balaban J connectivity index is 3.14. The molecule has 0 aromatic heterocycles. The van der Waals surface area contributed by atoms with Crippen molar-refractivity contribution >= 4 is 0 Å². The van der Waals surface area contributed by atoms with Gasteiger partial charge < -0.3 is 14.6 Å². The molecule has 1 atom stereocenters. The van der Waals surface area contributed by atoms with E-state index in [-0.39, 0.29) is 0 Å². The minimum atomic E-state index is -0.500. The van der Waals surface area contributed by atoms with Crippen LogP contribution in [-0.4, -0.2) is 19.3 Å². The molecule has 0 saturated carbocycles.